The molecule has 2 aromatic rings. The van der Waals surface area contributed by atoms with Crippen LogP contribution in [0.5, 0.6) is 0 Å². The Labute approximate surface area is 116 Å². The summed E-state index contributed by atoms with van der Waals surface area (Å²) in [6.45, 7) is 1.78. The van der Waals surface area contributed by atoms with E-state index in [1.54, 1.807) is 13.0 Å². The minimum absolute atomic E-state index is 0.151. The number of sulfone groups is 1. The van der Waals surface area contributed by atoms with Crippen molar-refractivity contribution in [1.82, 2.24) is 9.97 Å². The third-order valence-corrected chi connectivity index (χ3v) is 3.79. The summed E-state index contributed by atoms with van der Waals surface area (Å²) in [5.41, 5.74) is 1.36. The van der Waals surface area contributed by atoms with Crippen molar-refractivity contribution in [3.8, 4) is 0 Å². The van der Waals surface area contributed by atoms with Crippen molar-refractivity contribution >= 4 is 21.4 Å². The number of anilines is 1. The SMILES string of the molecule is Cc1ccc(S(C)(=O)=O)cc1NC(=O)c1cnccn1. The van der Waals surface area contributed by atoms with Gasteiger partial charge in [-0.15, -0.1) is 0 Å². The van der Waals surface area contributed by atoms with Gasteiger partial charge in [0.2, 0.25) is 0 Å². The standard InChI is InChI=1S/C13H13N3O3S/c1-9-3-4-10(20(2,18)19)7-11(9)16-13(17)12-8-14-5-6-15-12/h3-8H,1-2H3,(H,16,17). The zero-order valence-electron chi connectivity index (χ0n) is 11.0. The molecule has 20 heavy (non-hydrogen) atoms. The average molecular weight is 291 g/mol. The summed E-state index contributed by atoms with van der Waals surface area (Å²) in [7, 11) is -3.32. The van der Waals surface area contributed by atoms with Gasteiger partial charge in [-0.25, -0.2) is 13.4 Å². The van der Waals surface area contributed by atoms with Crippen molar-refractivity contribution in [2.75, 3.05) is 11.6 Å². The molecule has 0 aliphatic carbocycles. The monoisotopic (exact) mass is 291 g/mol. The Bertz CT molecular complexity index is 743. The predicted octanol–water partition coefficient (Wildman–Crippen LogP) is 1.44. The van der Waals surface area contributed by atoms with Crippen molar-refractivity contribution in [3.05, 3.63) is 48.0 Å². The summed E-state index contributed by atoms with van der Waals surface area (Å²) in [5.74, 6) is -0.438. The first kappa shape index (κ1) is 14.1. The second kappa shape index (κ2) is 5.38. The number of amides is 1. The number of hydrogen-bond acceptors (Lipinski definition) is 5. The van der Waals surface area contributed by atoms with Crippen molar-refractivity contribution < 1.29 is 13.2 Å². The van der Waals surface area contributed by atoms with Crippen LogP contribution in [-0.2, 0) is 9.84 Å². The lowest BCUT2D eigenvalue weighted by atomic mass is 10.2. The zero-order valence-corrected chi connectivity index (χ0v) is 11.8. The van der Waals surface area contributed by atoms with Gasteiger partial charge in [0.15, 0.2) is 9.84 Å². The number of benzene rings is 1. The lowest BCUT2D eigenvalue weighted by Crippen LogP contribution is -2.15. The van der Waals surface area contributed by atoms with E-state index in [1.807, 2.05) is 0 Å². The Morgan fingerprint density at radius 3 is 2.60 bits per heavy atom. The van der Waals surface area contributed by atoms with Crippen molar-refractivity contribution in [1.29, 1.82) is 0 Å². The molecule has 1 heterocycles. The first-order valence-electron chi connectivity index (χ1n) is 5.76. The molecule has 7 heteroatoms. The van der Waals surface area contributed by atoms with E-state index in [0.717, 1.165) is 11.8 Å². The highest BCUT2D eigenvalue weighted by Crippen LogP contribution is 2.20. The largest absolute Gasteiger partial charge is 0.320 e. The fourth-order valence-electron chi connectivity index (χ4n) is 1.57. The number of hydrogen-bond donors (Lipinski definition) is 1. The number of aryl methyl sites for hydroxylation is 1. The molecule has 2 rings (SSSR count). The first-order valence-corrected chi connectivity index (χ1v) is 7.65. The van der Waals surface area contributed by atoms with Crippen LogP contribution in [0, 0.1) is 6.92 Å². The molecule has 6 nitrogen and oxygen atoms in total. The van der Waals surface area contributed by atoms with Crippen LogP contribution in [0.3, 0.4) is 0 Å². The Balaban J connectivity index is 2.32. The maximum Gasteiger partial charge on any atom is 0.275 e. The third kappa shape index (κ3) is 3.18. The Hall–Kier alpha value is -2.28. The number of aromatic nitrogens is 2. The minimum Gasteiger partial charge on any atom is -0.320 e. The number of nitrogens with zero attached hydrogens (tertiary/aromatic N) is 2. The van der Waals surface area contributed by atoms with E-state index in [1.165, 1.54) is 30.7 Å². The minimum atomic E-state index is -3.32. The molecule has 0 bridgehead atoms. The smallest absolute Gasteiger partial charge is 0.275 e. The normalized spacial score (nSPS) is 11.1. The van der Waals surface area contributed by atoms with Gasteiger partial charge in [0.25, 0.3) is 5.91 Å². The number of nitrogens with one attached hydrogen (secondary N) is 1. The van der Waals surface area contributed by atoms with Gasteiger partial charge in [0.1, 0.15) is 5.69 Å². The fraction of sp³-hybridized carbons (Fsp3) is 0.154. The van der Waals surface area contributed by atoms with E-state index in [-0.39, 0.29) is 10.6 Å². The van der Waals surface area contributed by atoms with Gasteiger partial charge in [-0.3, -0.25) is 9.78 Å². The van der Waals surface area contributed by atoms with E-state index >= 15 is 0 Å². The molecule has 0 saturated carbocycles. The van der Waals surface area contributed by atoms with Gasteiger partial charge in [-0.2, -0.15) is 0 Å². The maximum absolute atomic E-state index is 12.0. The summed E-state index contributed by atoms with van der Waals surface area (Å²) in [5, 5.41) is 2.63. The van der Waals surface area contributed by atoms with Crippen LogP contribution in [0.2, 0.25) is 0 Å². The number of carbonyl (C=O) groups is 1. The van der Waals surface area contributed by atoms with E-state index in [4.69, 9.17) is 0 Å². The molecule has 0 radical (unpaired) electrons. The Morgan fingerprint density at radius 2 is 2.00 bits per heavy atom. The van der Waals surface area contributed by atoms with Crippen molar-refractivity contribution in [2.45, 2.75) is 11.8 Å². The lowest BCUT2D eigenvalue weighted by Gasteiger charge is -2.09. The molecule has 0 fully saturated rings. The summed E-state index contributed by atoms with van der Waals surface area (Å²) >= 11 is 0. The van der Waals surface area contributed by atoms with E-state index < -0.39 is 15.7 Å². The predicted molar refractivity (Wildman–Crippen MR) is 74.3 cm³/mol. The van der Waals surface area contributed by atoms with Crippen LogP contribution in [0.4, 0.5) is 5.69 Å². The highest BCUT2D eigenvalue weighted by Gasteiger charge is 2.13. The highest BCUT2D eigenvalue weighted by molar-refractivity contribution is 7.90. The molecule has 0 atom stereocenters. The van der Waals surface area contributed by atoms with E-state index in [9.17, 15) is 13.2 Å². The van der Waals surface area contributed by atoms with Crippen LogP contribution < -0.4 is 5.32 Å². The lowest BCUT2D eigenvalue weighted by molar-refractivity contribution is 0.102. The third-order valence-electron chi connectivity index (χ3n) is 2.68. The Morgan fingerprint density at radius 1 is 1.25 bits per heavy atom. The topological polar surface area (TPSA) is 89.0 Å². The quantitative estimate of drug-likeness (QED) is 0.924. The van der Waals surface area contributed by atoms with Crippen LogP contribution >= 0.6 is 0 Å². The fourth-order valence-corrected chi connectivity index (χ4v) is 2.22. The molecule has 0 aliphatic heterocycles. The highest BCUT2D eigenvalue weighted by atomic mass is 32.2. The van der Waals surface area contributed by atoms with Crippen LogP contribution in [0.15, 0.2) is 41.7 Å². The van der Waals surface area contributed by atoms with E-state index in [2.05, 4.69) is 15.3 Å². The van der Waals surface area contributed by atoms with Crippen LogP contribution in [-0.4, -0.2) is 30.5 Å². The second-order valence-corrected chi connectivity index (χ2v) is 6.31. The molecule has 0 aliphatic rings. The van der Waals surface area contributed by atoms with Gasteiger partial charge >= 0.3 is 0 Å². The van der Waals surface area contributed by atoms with Gasteiger partial charge in [0.05, 0.1) is 11.1 Å². The van der Waals surface area contributed by atoms with Crippen molar-refractivity contribution in [3.63, 3.8) is 0 Å². The molecule has 1 aromatic carbocycles. The van der Waals surface area contributed by atoms with Gasteiger partial charge in [-0.1, -0.05) is 6.07 Å². The zero-order chi connectivity index (χ0) is 14.8. The van der Waals surface area contributed by atoms with Gasteiger partial charge < -0.3 is 5.32 Å². The van der Waals surface area contributed by atoms with Gasteiger partial charge in [0, 0.05) is 24.3 Å². The number of carbonyl (C=O) groups excluding carboxylic acids is 1. The summed E-state index contributed by atoms with van der Waals surface area (Å²) < 4.78 is 23.0. The molecule has 0 spiro atoms. The molecular weight excluding hydrogens is 278 g/mol. The summed E-state index contributed by atoms with van der Waals surface area (Å²) in [4.78, 5) is 19.8. The Kier molecular flexibility index (Phi) is 3.80. The molecule has 0 unspecified atom stereocenters. The first-order chi connectivity index (χ1) is 9.38. The molecule has 1 amide bonds. The number of rotatable bonds is 3. The van der Waals surface area contributed by atoms with Crippen molar-refractivity contribution in [2.24, 2.45) is 0 Å². The van der Waals surface area contributed by atoms with Crippen LogP contribution in [0.1, 0.15) is 16.1 Å². The molecule has 1 aromatic heterocycles. The van der Waals surface area contributed by atoms with Crippen LogP contribution in [0.25, 0.3) is 0 Å². The average Bonchev–Trinajstić information content (AvgIpc) is 2.41. The molecule has 104 valence electrons. The maximum atomic E-state index is 12.0. The molecule has 1 N–H and O–H groups in total. The molecule has 0 saturated heterocycles. The molecular formula is C13H13N3O3S. The second-order valence-electron chi connectivity index (χ2n) is 4.29. The summed E-state index contributed by atoms with van der Waals surface area (Å²) in [6.07, 6.45) is 5.33. The summed E-state index contributed by atoms with van der Waals surface area (Å²) in [6, 6.07) is 4.57. The van der Waals surface area contributed by atoms with Gasteiger partial charge in [-0.05, 0) is 24.6 Å². The van der Waals surface area contributed by atoms with E-state index in [0.29, 0.717) is 5.69 Å².